The van der Waals surface area contributed by atoms with E-state index in [0.717, 1.165) is 28.0 Å². The van der Waals surface area contributed by atoms with Gasteiger partial charge in [0.15, 0.2) is 6.61 Å². The number of thioether (sulfide) groups is 1. The van der Waals surface area contributed by atoms with Gasteiger partial charge in [0.25, 0.3) is 5.91 Å². The van der Waals surface area contributed by atoms with Gasteiger partial charge in [0.2, 0.25) is 11.8 Å². The second-order valence-corrected chi connectivity index (χ2v) is 10.7. The van der Waals surface area contributed by atoms with E-state index in [1.54, 1.807) is 55.6 Å². The number of benzene rings is 2. The van der Waals surface area contributed by atoms with Crippen molar-refractivity contribution >= 4 is 52.5 Å². The van der Waals surface area contributed by atoms with E-state index in [-0.39, 0.29) is 17.4 Å². The molecule has 0 bridgehead atoms. The minimum atomic E-state index is -1.29. The van der Waals surface area contributed by atoms with Crippen LogP contribution in [0, 0.1) is 5.92 Å². The van der Waals surface area contributed by atoms with Crippen molar-refractivity contribution < 1.29 is 33.8 Å². The van der Waals surface area contributed by atoms with Crippen LogP contribution in [-0.2, 0) is 19.2 Å². The van der Waals surface area contributed by atoms with Gasteiger partial charge in [0.05, 0.1) is 18.1 Å². The van der Waals surface area contributed by atoms with Crippen molar-refractivity contribution in [2.75, 3.05) is 25.6 Å². The van der Waals surface area contributed by atoms with Gasteiger partial charge in [-0.3, -0.25) is 28.9 Å². The Morgan fingerprint density at radius 3 is 2.55 bits per heavy atom. The predicted octanol–water partition coefficient (Wildman–Crippen LogP) is 2.14. The number of carboxylic acid groups (broad SMARTS) is 1. The molecular formula is C25H21N3O8S2. The quantitative estimate of drug-likeness (QED) is 0.355. The zero-order chi connectivity index (χ0) is 27.0. The molecule has 3 amide bonds. The summed E-state index contributed by atoms with van der Waals surface area (Å²) in [7, 11) is 1.55. The average Bonchev–Trinajstić information content (AvgIpc) is 3.38. The zero-order valence-electron chi connectivity index (χ0n) is 19.8. The molecule has 13 heteroatoms. The number of fused-ring (bicyclic) bond motifs is 2. The van der Waals surface area contributed by atoms with E-state index in [4.69, 9.17) is 9.47 Å². The van der Waals surface area contributed by atoms with Crippen LogP contribution in [-0.4, -0.2) is 64.2 Å². The molecule has 3 atom stereocenters. The number of carboxylic acids is 1. The highest BCUT2D eigenvalue weighted by molar-refractivity contribution is 8.00. The maximum absolute atomic E-state index is 13.3. The number of rotatable bonds is 8. The van der Waals surface area contributed by atoms with E-state index >= 15 is 0 Å². The van der Waals surface area contributed by atoms with E-state index in [9.17, 15) is 29.1 Å². The van der Waals surface area contributed by atoms with Crippen LogP contribution < -0.4 is 19.7 Å². The molecule has 3 heterocycles. The molecule has 196 valence electrons. The fraction of sp³-hybridized carbons (Fsp3) is 0.240. The summed E-state index contributed by atoms with van der Waals surface area (Å²) in [6, 6.07) is 13.6. The number of anilines is 1. The first kappa shape index (κ1) is 25.5. The number of hydrogen-bond donors (Lipinski definition) is 3. The Kier molecular flexibility index (Phi) is 6.95. The summed E-state index contributed by atoms with van der Waals surface area (Å²) in [5.74, 6) is -3.43. The minimum Gasteiger partial charge on any atom is -0.497 e. The number of ether oxygens (including phenoxy) is 2. The lowest BCUT2D eigenvalue weighted by Crippen LogP contribution is -2.36. The third kappa shape index (κ3) is 4.89. The maximum atomic E-state index is 13.3. The van der Waals surface area contributed by atoms with Crippen LogP contribution in [0.3, 0.4) is 0 Å². The largest absolute Gasteiger partial charge is 0.497 e. The summed E-state index contributed by atoms with van der Waals surface area (Å²) in [5, 5.41) is 11.5. The van der Waals surface area contributed by atoms with Gasteiger partial charge in [0, 0.05) is 16.5 Å². The van der Waals surface area contributed by atoms with Gasteiger partial charge in [0.1, 0.15) is 23.3 Å². The molecule has 1 fully saturated rings. The van der Waals surface area contributed by atoms with Crippen molar-refractivity contribution in [1.29, 1.82) is 0 Å². The number of carbonyl (C=O) groups is 4. The number of methoxy groups -OCH3 is 1. The maximum Gasteiger partial charge on any atom is 0.323 e. The molecule has 0 saturated carbocycles. The first-order chi connectivity index (χ1) is 18.2. The normalized spacial score (nSPS) is 20.0. The molecule has 0 aliphatic carbocycles. The molecular weight excluding hydrogens is 534 g/mol. The third-order valence-corrected chi connectivity index (χ3v) is 8.57. The zero-order valence-corrected chi connectivity index (χ0v) is 21.5. The Morgan fingerprint density at radius 1 is 1.08 bits per heavy atom. The van der Waals surface area contributed by atoms with Crippen LogP contribution in [0.25, 0.3) is 0 Å². The van der Waals surface area contributed by atoms with Gasteiger partial charge in [-0.15, -0.1) is 0 Å². The molecule has 2 aliphatic rings. The van der Waals surface area contributed by atoms with Gasteiger partial charge in [-0.1, -0.05) is 35.2 Å². The number of aromatic amines is 1. The van der Waals surface area contributed by atoms with Gasteiger partial charge in [-0.05, 0) is 42.0 Å². The Bertz CT molecular complexity index is 1480. The van der Waals surface area contributed by atoms with Crippen molar-refractivity contribution in [3.63, 3.8) is 0 Å². The summed E-state index contributed by atoms with van der Waals surface area (Å²) < 4.78 is 10.8. The number of carbonyl (C=O) groups excluding carboxylic acids is 3. The Balaban J connectivity index is 1.38. The number of aromatic nitrogens is 1. The molecule has 5 rings (SSSR count). The number of aliphatic carboxylic acids is 1. The highest BCUT2D eigenvalue weighted by atomic mass is 32.2. The van der Waals surface area contributed by atoms with Crippen molar-refractivity contribution in [1.82, 2.24) is 9.88 Å². The monoisotopic (exact) mass is 555 g/mol. The number of amides is 3. The minimum absolute atomic E-state index is 0.283. The SMILES string of the molecule is COc1ccc(NC(=O)COc2cccc([C@@H]3c4sc(=O)[nH]c4SC4C(=O)N(CC(=O)O)C(=O)C43)c2)cc1. The summed E-state index contributed by atoms with van der Waals surface area (Å²) in [6.07, 6.45) is 0. The van der Waals surface area contributed by atoms with Crippen LogP contribution in [0.4, 0.5) is 5.69 Å². The van der Waals surface area contributed by atoms with E-state index in [1.165, 1.54) is 0 Å². The molecule has 1 saturated heterocycles. The highest BCUT2D eigenvalue weighted by Gasteiger charge is 2.56. The number of likely N-dealkylation sites (tertiary alicyclic amines) is 1. The number of nitrogens with zero attached hydrogens (tertiary/aromatic N) is 1. The highest BCUT2D eigenvalue weighted by Crippen LogP contribution is 2.52. The van der Waals surface area contributed by atoms with Crippen molar-refractivity contribution in [3.8, 4) is 11.5 Å². The lowest BCUT2D eigenvalue weighted by molar-refractivity contribution is -0.149. The smallest absolute Gasteiger partial charge is 0.323 e. The van der Waals surface area contributed by atoms with E-state index < -0.39 is 41.4 Å². The second kappa shape index (κ2) is 10.3. The van der Waals surface area contributed by atoms with E-state index in [2.05, 4.69) is 10.3 Å². The topological polar surface area (TPSA) is 155 Å². The fourth-order valence-corrected chi connectivity index (χ4v) is 7.08. The third-order valence-electron chi connectivity index (χ3n) is 6.17. The molecule has 0 radical (unpaired) electrons. The first-order valence-electron chi connectivity index (χ1n) is 11.4. The van der Waals surface area contributed by atoms with Crippen molar-refractivity contribution in [2.24, 2.45) is 5.92 Å². The number of H-pyrrole nitrogens is 1. The van der Waals surface area contributed by atoms with Crippen molar-refractivity contribution in [3.05, 3.63) is 68.6 Å². The van der Waals surface area contributed by atoms with Crippen LogP contribution in [0.5, 0.6) is 11.5 Å². The Hall–Kier alpha value is -4.10. The number of nitrogens with one attached hydrogen (secondary N) is 2. The number of imide groups is 1. The summed E-state index contributed by atoms with van der Waals surface area (Å²) >= 11 is 2.01. The summed E-state index contributed by atoms with van der Waals surface area (Å²) in [4.78, 5) is 65.8. The van der Waals surface area contributed by atoms with E-state index in [0.29, 0.717) is 32.7 Å². The second-order valence-electron chi connectivity index (χ2n) is 8.54. The molecule has 38 heavy (non-hydrogen) atoms. The molecule has 0 spiro atoms. The standard InChI is InChI=1S/C25H21N3O8S2/c1-35-14-7-5-13(6-8-14)26-16(29)11-36-15-4-2-3-12(9-15)18-19-21(37-22-20(18)38-25(34)27-22)24(33)28(23(19)32)10-17(30)31/h2-9,18-19,21H,10-11H2,1H3,(H,26,29)(H,27,34)(H,30,31)/t18-,19?,21?/m0/s1. The lowest BCUT2D eigenvalue weighted by Gasteiger charge is -2.30. The van der Waals surface area contributed by atoms with Crippen LogP contribution in [0.15, 0.2) is 58.4 Å². The molecule has 2 aromatic carbocycles. The van der Waals surface area contributed by atoms with Crippen LogP contribution in [0.1, 0.15) is 16.4 Å². The average molecular weight is 556 g/mol. The predicted molar refractivity (Wildman–Crippen MR) is 138 cm³/mol. The van der Waals surface area contributed by atoms with Crippen LogP contribution >= 0.6 is 23.1 Å². The van der Waals surface area contributed by atoms with Crippen molar-refractivity contribution in [2.45, 2.75) is 16.2 Å². The molecule has 3 aromatic rings. The van der Waals surface area contributed by atoms with Gasteiger partial charge < -0.3 is 24.9 Å². The summed E-state index contributed by atoms with van der Waals surface area (Å²) in [5.41, 5.74) is 1.17. The lowest BCUT2D eigenvalue weighted by atomic mass is 9.83. The summed E-state index contributed by atoms with van der Waals surface area (Å²) in [6.45, 7) is -1.01. The molecule has 11 nitrogen and oxygen atoms in total. The number of thiazole rings is 1. The number of hydrogen-bond acceptors (Lipinski definition) is 9. The molecule has 1 aromatic heterocycles. The van der Waals surface area contributed by atoms with Crippen LogP contribution in [0.2, 0.25) is 0 Å². The van der Waals surface area contributed by atoms with E-state index in [1.807, 2.05) is 0 Å². The Labute approximate surface area is 223 Å². The van der Waals surface area contributed by atoms with Gasteiger partial charge in [-0.2, -0.15) is 0 Å². The molecule has 2 aliphatic heterocycles. The Morgan fingerprint density at radius 2 is 1.84 bits per heavy atom. The van der Waals surface area contributed by atoms with Gasteiger partial charge >= 0.3 is 10.8 Å². The molecule has 3 N–H and O–H groups in total. The fourth-order valence-electron chi connectivity index (χ4n) is 4.54. The van der Waals surface area contributed by atoms with Gasteiger partial charge in [-0.25, -0.2) is 0 Å². The molecule has 2 unspecified atom stereocenters. The first-order valence-corrected chi connectivity index (χ1v) is 13.1.